The van der Waals surface area contributed by atoms with E-state index < -0.39 is 29.1 Å². The highest BCUT2D eigenvalue weighted by Gasteiger charge is 2.57. The van der Waals surface area contributed by atoms with Crippen LogP contribution in [0, 0.1) is 11.8 Å². The van der Waals surface area contributed by atoms with E-state index in [1.54, 1.807) is 29.4 Å². The molecule has 2 N–H and O–H groups in total. The third-order valence-corrected chi connectivity index (χ3v) is 8.70. The van der Waals surface area contributed by atoms with Gasteiger partial charge in [-0.3, -0.25) is 23.5 Å². The Labute approximate surface area is 240 Å². The number of Topliss-reactive ketones (excluding diaryl/α,β-unsaturated/α-hetero) is 1. The Balaban J connectivity index is 1.11. The largest absolute Gasteiger partial charge is 0.377 e. The minimum atomic E-state index is -1.00. The van der Waals surface area contributed by atoms with Crippen molar-refractivity contribution in [2.24, 2.45) is 18.9 Å². The highest BCUT2D eigenvalue weighted by Crippen LogP contribution is 2.48. The first-order valence-electron chi connectivity index (χ1n) is 14.0. The molecule has 4 aliphatic rings. The van der Waals surface area contributed by atoms with Crippen LogP contribution in [0.3, 0.4) is 0 Å². The summed E-state index contributed by atoms with van der Waals surface area (Å²) in [7, 11) is 2.89. The zero-order chi connectivity index (χ0) is 29.2. The molecule has 14 nitrogen and oxygen atoms in total. The topological polar surface area (TPSA) is 157 Å². The van der Waals surface area contributed by atoms with Gasteiger partial charge in [0.05, 0.1) is 31.3 Å². The molecule has 2 saturated carbocycles. The second kappa shape index (κ2) is 9.76. The molecular formula is C28H31N9O5. The minimum Gasteiger partial charge on any atom is -0.377 e. The Hall–Kier alpha value is -4.59. The smallest absolute Gasteiger partial charge is 0.332 e. The maximum atomic E-state index is 13.7. The zero-order valence-corrected chi connectivity index (χ0v) is 23.4. The molecule has 0 spiro atoms. The van der Waals surface area contributed by atoms with E-state index in [4.69, 9.17) is 4.74 Å². The Morgan fingerprint density at radius 3 is 2.60 bits per heavy atom. The van der Waals surface area contributed by atoms with Crippen LogP contribution in [0.1, 0.15) is 19.3 Å². The van der Waals surface area contributed by atoms with Gasteiger partial charge in [-0.2, -0.15) is 0 Å². The number of carbonyl (C=O) groups excluding carboxylic acids is 2. The summed E-state index contributed by atoms with van der Waals surface area (Å²) in [5, 5.41) is 6.00. The number of rotatable bonds is 9. The van der Waals surface area contributed by atoms with Gasteiger partial charge in [0.2, 0.25) is 0 Å². The van der Waals surface area contributed by atoms with Gasteiger partial charge in [0.1, 0.15) is 41.0 Å². The van der Waals surface area contributed by atoms with Crippen molar-refractivity contribution in [2.45, 2.75) is 31.3 Å². The lowest BCUT2D eigenvalue weighted by molar-refractivity contribution is -0.123. The number of nitrogens with zero attached hydrogens (tertiary/aromatic N) is 7. The number of nitrogens with one attached hydrogen (secondary N) is 2. The van der Waals surface area contributed by atoms with Crippen molar-refractivity contribution in [3.8, 4) is 11.4 Å². The van der Waals surface area contributed by atoms with Crippen molar-refractivity contribution in [3.63, 3.8) is 0 Å². The fraction of sp³-hybridized carbons (Fsp3) is 0.464. The Bertz CT molecular complexity index is 1700. The molecule has 2 aliphatic heterocycles. The lowest BCUT2D eigenvalue weighted by Crippen LogP contribution is -2.50. The molecule has 14 heteroatoms. The quantitative estimate of drug-likeness (QED) is 0.366. The fourth-order valence-corrected chi connectivity index (χ4v) is 6.14. The van der Waals surface area contributed by atoms with Crippen LogP contribution in [0.25, 0.3) is 11.4 Å². The van der Waals surface area contributed by atoms with Crippen LogP contribution >= 0.6 is 0 Å². The average molecular weight is 574 g/mol. The van der Waals surface area contributed by atoms with Crippen LogP contribution in [0.4, 0.5) is 23.1 Å². The summed E-state index contributed by atoms with van der Waals surface area (Å²) in [5.74, 6) is 2.40. The van der Waals surface area contributed by atoms with E-state index in [1.165, 1.54) is 25.1 Å². The van der Waals surface area contributed by atoms with Crippen molar-refractivity contribution < 1.29 is 14.3 Å². The van der Waals surface area contributed by atoms with Crippen LogP contribution in [-0.2, 0) is 27.9 Å². The van der Waals surface area contributed by atoms with Crippen LogP contribution in [-0.4, -0.2) is 74.8 Å². The number of carbonyl (C=O) groups is 2. The standard InChI is InChI=1S/C28H31N9O5/c1-34-24-23(25(39)36(27(34)41)13-18(38)14-42-2)37(15-31-24)28(6-7-28)26(40)33-21-5-3-4-19(32-21)20-9-30-22(10-29-20)35-11-16-8-17(16)12-35/h3-5,9-10,16-17,31H,6-8,11-15H2,1-2H3,(H,32,33,40). The average Bonchev–Trinajstić information content (AvgIpc) is 3.87. The Kier molecular flexibility index (Phi) is 6.11. The van der Waals surface area contributed by atoms with Crippen LogP contribution in [0.5, 0.6) is 0 Å². The number of piperidine rings is 1. The molecule has 1 amide bonds. The number of ketones is 1. The second-order valence-corrected chi connectivity index (χ2v) is 11.5. The van der Waals surface area contributed by atoms with Gasteiger partial charge in [-0.15, -0.1) is 0 Å². The summed E-state index contributed by atoms with van der Waals surface area (Å²) in [6, 6.07) is 5.30. The number of hydrogen-bond acceptors (Lipinski definition) is 11. The van der Waals surface area contributed by atoms with Crippen molar-refractivity contribution in [2.75, 3.05) is 53.9 Å². The minimum absolute atomic E-state index is 0.162. The molecule has 2 atom stereocenters. The molecule has 0 aromatic carbocycles. The summed E-state index contributed by atoms with van der Waals surface area (Å²) in [4.78, 5) is 70.0. The molecule has 1 saturated heterocycles. The highest BCUT2D eigenvalue weighted by molar-refractivity contribution is 6.03. The number of amides is 1. The number of aromatic nitrogens is 5. The molecule has 3 fully saturated rings. The van der Waals surface area contributed by atoms with E-state index >= 15 is 0 Å². The number of pyridine rings is 1. The number of ether oxygens (including phenoxy) is 1. The summed E-state index contributed by atoms with van der Waals surface area (Å²) in [6.45, 7) is 1.59. The van der Waals surface area contributed by atoms with Crippen molar-refractivity contribution in [1.29, 1.82) is 0 Å². The lowest BCUT2D eigenvalue weighted by atomic mass is 10.2. The maximum absolute atomic E-state index is 13.7. The van der Waals surface area contributed by atoms with Crippen molar-refractivity contribution in [1.82, 2.24) is 24.1 Å². The molecule has 0 radical (unpaired) electrons. The van der Waals surface area contributed by atoms with E-state index in [-0.39, 0.29) is 24.9 Å². The molecule has 5 heterocycles. The maximum Gasteiger partial charge on any atom is 0.332 e. The van der Waals surface area contributed by atoms with Crippen molar-refractivity contribution >= 4 is 34.8 Å². The SMILES string of the molecule is COCC(=O)Cn1c(=O)c2c(n(C)c1=O)NCN2C1(C(=O)Nc2cccc(-c3cnc(N4CC5CC5C4)cn3)n2)CC1. The molecule has 0 bridgehead atoms. The molecule has 2 aliphatic carbocycles. The van der Waals surface area contributed by atoms with Gasteiger partial charge in [-0.1, -0.05) is 6.07 Å². The van der Waals surface area contributed by atoms with Gasteiger partial charge in [-0.25, -0.2) is 19.7 Å². The predicted molar refractivity (Wildman–Crippen MR) is 153 cm³/mol. The van der Waals surface area contributed by atoms with E-state index in [0.717, 1.165) is 35.3 Å². The van der Waals surface area contributed by atoms with Gasteiger partial charge < -0.3 is 25.2 Å². The number of fused-ring (bicyclic) bond motifs is 2. The fourth-order valence-electron chi connectivity index (χ4n) is 6.14. The van der Waals surface area contributed by atoms with Gasteiger partial charge >= 0.3 is 5.69 Å². The van der Waals surface area contributed by atoms with Gasteiger partial charge in [0.15, 0.2) is 5.78 Å². The summed E-state index contributed by atoms with van der Waals surface area (Å²) < 4.78 is 7.03. The number of anilines is 4. The summed E-state index contributed by atoms with van der Waals surface area (Å²) in [6.07, 6.45) is 5.81. The second-order valence-electron chi connectivity index (χ2n) is 11.5. The molecule has 3 aromatic heterocycles. The van der Waals surface area contributed by atoms with Gasteiger partial charge in [0.25, 0.3) is 11.5 Å². The summed E-state index contributed by atoms with van der Waals surface area (Å²) in [5.41, 5.74) is -0.896. The van der Waals surface area contributed by atoms with E-state index in [9.17, 15) is 19.2 Å². The molecule has 3 aromatic rings. The third kappa shape index (κ3) is 4.33. The Morgan fingerprint density at radius 1 is 1.12 bits per heavy atom. The van der Waals surface area contributed by atoms with Gasteiger partial charge in [-0.05, 0) is 43.2 Å². The van der Waals surface area contributed by atoms with Crippen LogP contribution < -0.4 is 31.7 Å². The molecular weight excluding hydrogens is 542 g/mol. The lowest BCUT2D eigenvalue weighted by Gasteiger charge is -2.28. The van der Waals surface area contributed by atoms with Crippen LogP contribution in [0.15, 0.2) is 40.2 Å². The molecule has 42 heavy (non-hydrogen) atoms. The molecule has 7 rings (SSSR count). The normalized spacial score (nSPS) is 21.0. The monoisotopic (exact) mass is 573 g/mol. The molecule has 218 valence electrons. The first-order chi connectivity index (χ1) is 20.3. The molecule has 2 unspecified atom stereocenters. The third-order valence-electron chi connectivity index (χ3n) is 8.70. The van der Waals surface area contributed by atoms with Crippen molar-refractivity contribution in [3.05, 3.63) is 51.4 Å². The van der Waals surface area contributed by atoms with E-state index in [0.29, 0.717) is 35.9 Å². The van der Waals surface area contributed by atoms with Gasteiger partial charge in [0, 0.05) is 27.2 Å². The Morgan fingerprint density at radius 2 is 1.90 bits per heavy atom. The van der Waals surface area contributed by atoms with Crippen LogP contribution in [0.2, 0.25) is 0 Å². The van der Waals surface area contributed by atoms with E-state index in [2.05, 4.69) is 30.5 Å². The highest BCUT2D eigenvalue weighted by atomic mass is 16.5. The summed E-state index contributed by atoms with van der Waals surface area (Å²) >= 11 is 0. The van der Waals surface area contributed by atoms with E-state index in [1.807, 2.05) is 6.07 Å². The number of methoxy groups -OCH3 is 1. The zero-order valence-electron chi connectivity index (χ0n) is 23.4. The first-order valence-corrected chi connectivity index (χ1v) is 14.0. The number of hydrogen-bond donors (Lipinski definition) is 2. The first kappa shape index (κ1) is 26.3. The predicted octanol–water partition coefficient (Wildman–Crippen LogP) is 0.431.